The van der Waals surface area contributed by atoms with Crippen molar-refractivity contribution < 1.29 is 0 Å². The van der Waals surface area contributed by atoms with Crippen LogP contribution in [0.4, 0.5) is 0 Å². The third kappa shape index (κ3) is 1.86. The third-order valence-electron chi connectivity index (χ3n) is 2.31. The van der Waals surface area contributed by atoms with Crippen molar-refractivity contribution in [3.05, 3.63) is 21.4 Å². The molecule has 2 N–H and O–H groups in total. The molecule has 1 aromatic heterocycles. The monoisotopic (exact) mass is 214 g/mol. The van der Waals surface area contributed by atoms with Crippen LogP contribution in [0.2, 0.25) is 0 Å². The summed E-state index contributed by atoms with van der Waals surface area (Å²) in [5.41, 5.74) is 7.88. The van der Waals surface area contributed by atoms with Crippen LogP contribution in [0.15, 0.2) is 5.38 Å². The second-order valence-corrected chi connectivity index (χ2v) is 4.13. The molecule has 0 aliphatic heterocycles. The average Bonchev–Trinajstić information content (AvgIpc) is 2.46. The Morgan fingerprint density at radius 1 is 1.62 bits per heavy atom. The van der Waals surface area contributed by atoms with Gasteiger partial charge in [-0.15, -0.1) is 23.7 Å². The van der Waals surface area contributed by atoms with Gasteiger partial charge >= 0.3 is 0 Å². The molecule has 0 saturated heterocycles. The highest BCUT2D eigenvalue weighted by molar-refractivity contribution is 7.10. The molecule has 4 heteroatoms. The van der Waals surface area contributed by atoms with Crippen molar-refractivity contribution in [1.29, 1.82) is 5.26 Å². The second kappa shape index (κ2) is 4.10. The minimum absolute atomic E-state index is 0. The van der Waals surface area contributed by atoms with Crippen molar-refractivity contribution in [2.75, 3.05) is 0 Å². The Bertz CT molecular complexity index is 340. The molecule has 1 unspecified atom stereocenters. The first kappa shape index (κ1) is 10.5. The van der Waals surface area contributed by atoms with Crippen molar-refractivity contribution in [1.82, 2.24) is 0 Å². The normalized spacial score (nSPS) is 19.8. The van der Waals surface area contributed by atoms with E-state index in [4.69, 9.17) is 11.0 Å². The predicted octanol–water partition coefficient (Wildman–Crippen LogP) is 1.86. The zero-order chi connectivity index (χ0) is 8.55. The lowest BCUT2D eigenvalue weighted by Crippen LogP contribution is -2.27. The number of hydrogen-bond acceptors (Lipinski definition) is 3. The summed E-state index contributed by atoms with van der Waals surface area (Å²) in [6.45, 7) is 0. The average molecular weight is 215 g/mol. The number of thiophene rings is 1. The standard InChI is InChI=1S/C9H10N2S.ClH/c10-4-6-5-12-9-2-1-7(11)3-8(6)9;/h5,7H,1-3,11H2;1H. The van der Waals surface area contributed by atoms with Gasteiger partial charge in [0.15, 0.2) is 0 Å². The molecular formula is C9H11ClN2S. The fourth-order valence-electron chi connectivity index (χ4n) is 1.63. The molecule has 0 amide bonds. The van der Waals surface area contributed by atoms with Gasteiger partial charge in [-0.3, -0.25) is 0 Å². The van der Waals surface area contributed by atoms with Gasteiger partial charge < -0.3 is 5.73 Å². The topological polar surface area (TPSA) is 49.8 Å². The summed E-state index contributed by atoms with van der Waals surface area (Å²) >= 11 is 1.70. The molecule has 0 radical (unpaired) electrons. The first-order valence-corrected chi connectivity index (χ1v) is 4.94. The Kier molecular flexibility index (Phi) is 3.32. The largest absolute Gasteiger partial charge is 0.327 e. The van der Waals surface area contributed by atoms with Crippen LogP contribution in [0.3, 0.4) is 0 Å². The molecule has 0 spiro atoms. The Morgan fingerprint density at radius 2 is 2.38 bits per heavy atom. The molecule has 0 bridgehead atoms. The van der Waals surface area contributed by atoms with E-state index in [0.717, 1.165) is 24.8 Å². The molecule has 0 saturated carbocycles. The molecule has 0 aromatic carbocycles. The minimum Gasteiger partial charge on any atom is -0.327 e. The van der Waals surface area contributed by atoms with Gasteiger partial charge in [-0.1, -0.05) is 0 Å². The fourth-order valence-corrected chi connectivity index (χ4v) is 2.66. The number of nitriles is 1. The highest BCUT2D eigenvalue weighted by atomic mass is 35.5. The summed E-state index contributed by atoms with van der Waals surface area (Å²) in [4.78, 5) is 1.37. The van der Waals surface area contributed by atoms with Gasteiger partial charge in [-0.25, -0.2) is 0 Å². The van der Waals surface area contributed by atoms with E-state index in [1.807, 2.05) is 5.38 Å². The van der Waals surface area contributed by atoms with Crippen LogP contribution >= 0.6 is 23.7 Å². The highest BCUT2D eigenvalue weighted by Gasteiger charge is 2.19. The molecule has 1 atom stereocenters. The highest BCUT2D eigenvalue weighted by Crippen LogP contribution is 2.29. The number of hydrogen-bond donors (Lipinski definition) is 1. The quantitative estimate of drug-likeness (QED) is 0.717. The van der Waals surface area contributed by atoms with Crippen molar-refractivity contribution in [2.45, 2.75) is 25.3 Å². The fraction of sp³-hybridized carbons (Fsp3) is 0.444. The van der Waals surface area contributed by atoms with E-state index in [1.165, 1.54) is 10.4 Å². The van der Waals surface area contributed by atoms with Crippen LogP contribution < -0.4 is 5.73 Å². The van der Waals surface area contributed by atoms with E-state index in [-0.39, 0.29) is 18.4 Å². The summed E-state index contributed by atoms with van der Waals surface area (Å²) in [7, 11) is 0. The lowest BCUT2D eigenvalue weighted by molar-refractivity contribution is 0.582. The molecule has 70 valence electrons. The number of aryl methyl sites for hydroxylation is 1. The molecule has 1 aliphatic rings. The van der Waals surface area contributed by atoms with Crippen LogP contribution in [0.5, 0.6) is 0 Å². The van der Waals surface area contributed by atoms with Crippen LogP contribution in [0, 0.1) is 11.3 Å². The van der Waals surface area contributed by atoms with Gasteiger partial charge in [0.2, 0.25) is 0 Å². The molecule has 13 heavy (non-hydrogen) atoms. The Hall–Kier alpha value is -0.560. The molecule has 1 aromatic rings. The number of nitrogens with two attached hydrogens (primary N) is 1. The molecule has 2 rings (SSSR count). The van der Waals surface area contributed by atoms with Gasteiger partial charge in [0.1, 0.15) is 6.07 Å². The van der Waals surface area contributed by atoms with Gasteiger partial charge in [-0.2, -0.15) is 5.26 Å². The summed E-state index contributed by atoms with van der Waals surface area (Å²) in [6, 6.07) is 2.47. The zero-order valence-corrected chi connectivity index (χ0v) is 8.75. The molecule has 0 fully saturated rings. The first-order valence-electron chi connectivity index (χ1n) is 4.06. The Morgan fingerprint density at radius 3 is 3.08 bits per heavy atom. The van der Waals surface area contributed by atoms with Gasteiger partial charge in [0.05, 0.1) is 5.56 Å². The van der Waals surface area contributed by atoms with Crippen LogP contribution in [-0.2, 0) is 12.8 Å². The Balaban J connectivity index is 0.000000845. The van der Waals surface area contributed by atoms with Crippen LogP contribution in [0.25, 0.3) is 0 Å². The second-order valence-electron chi connectivity index (χ2n) is 3.17. The lowest BCUT2D eigenvalue weighted by Gasteiger charge is -2.17. The number of fused-ring (bicyclic) bond motifs is 1. The van der Waals surface area contributed by atoms with Crippen molar-refractivity contribution in [2.24, 2.45) is 5.73 Å². The Labute approximate surface area is 87.8 Å². The van der Waals surface area contributed by atoms with Crippen LogP contribution in [-0.4, -0.2) is 6.04 Å². The van der Waals surface area contributed by atoms with E-state index >= 15 is 0 Å². The smallest absolute Gasteiger partial charge is 0.100 e. The summed E-state index contributed by atoms with van der Waals surface area (Å²) in [5, 5.41) is 10.7. The SMILES string of the molecule is Cl.N#Cc1csc2c1CC(N)CC2. The van der Waals surface area contributed by atoms with Gasteiger partial charge in [0, 0.05) is 16.3 Å². The summed E-state index contributed by atoms with van der Waals surface area (Å²) in [5.74, 6) is 0. The minimum atomic E-state index is 0. The van der Waals surface area contributed by atoms with Crippen molar-refractivity contribution in [3.63, 3.8) is 0 Å². The number of nitrogens with zero attached hydrogens (tertiary/aromatic N) is 1. The predicted molar refractivity (Wildman–Crippen MR) is 56.3 cm³/mol. The maximum atomic E-state index is 8.78. The van der Waals surface area contributed by atoms with E-state index in [0.29, 0.717) is 0 Å². The zero-order valence-electron chi connectivity index (χ0n) is 7.12. The van der Waals surface area contributed by atoms with E-state index in [9.17, 15) is 0 Å². The van der Waals surface area contributed by atoms with Crippen LogP contribution in [0.1, 0.15) is 22.4 Å². The maximum absolute atomic E-state index is 8.78. The molecule has 1 aliphatic carbocycles. The number of rotatable bonds is 0. The van der Waals surface area contributed by atoms with Crippen molar-refractivity contribution in [3.8, 4) is 6.07 Å². The van der Waals surface area contributed by atoms with Gasteiger partial charge in [-0.05, 0) is 24.8 Å². The maximum Gasteiger partial charge on any atom is 0.100 e. The van der Waals surface area contributed by atoms with Gasteiger partial charge in [0.25, 0.3) is 0 Å². The van der Waals surface area contributed by atoms with Crippen molar-refractivity contribution >= 4 is 23.7 Å². The van der Waals surface area contributed by atoms with E-state index in [1.54, 1.807) is 11.3 Å². The third-order valence-corrected chi connectivity index (χ3v) is 3.40. The first-order chi connectivity index (χ1) is 5.81. The van der Waals surface area contributed by atoms with E-state index < -0.39 is 0 Å². The number of halogens is 1. The summed E-state index contributed by atoms with van der Waals surface area (Å²) < 4.78 is 0. The summed E-state index contributed by atoms with van der Waals surface area (Å²) in [6.07, 6.45) is 3.02. The molecule has 1 heterocycles. The lowest BCUT2D eigenvalue weighted by atomic mass is 9.93. The molecular weight excluding hydrogens is 204 g/mol. The van der Waals surface area contributed by atoms with E-state index in [2.05, 4.69) is 6.07 Å². The molecule has 2 nitrogen and oxygen atoms in total.